The van der Waals surface area contributed by atoms with Crippen LogP contribution in [0, 0.1) is 0 Å². The summed E-state index contributed by atoms with van der Waals surface area (Å²) in [6, 6.07) is 8.83. The molecule has 0 radical (unpaired) electrons. The van der Waals surface area contributed by atoms with Crippen molar-refractivity contribution in [2.45, 2.75) is 58.5 Å². The smallest absolute Gasteiger partial charge is 0.0520 e. The van der Waals surface area contributed by atoms with Crippen molar-refractivity contribution in [2.75, 3.05) is 0 Å². The van der Waals surface area contributed by atoms with Gasteiger partial charge in [-0.15, -0.1) is 0 Å². The van der Waals surface area contributed by atoms with E-state index in [1.807, 2.05) is 6.92 Å². The van der Waals surface area contributed by atoms with E-state index < -0.39 is 0 Å². The molecule has 0 aromatic heterocycles. The summed E-state index contributed by atoms with van der Waals surface area (Å²) in [6.45, 7) is 8.43. The van der Waals surface area contributed by atoms with Gasteiger partial charge in [0.25, 0.3) is 0 Å². The van der Waals surface area contributed by atoms with E-state index in [0.29, 0.717) is 0 Å². The summed E-state index contributed by atoms with van der Waals surface area (Å²) < 4.78 is 0. The molecule has 1 N–H and O–H groups in total. The molecule has 1 rings (SSSR count). The Labute approximate surface area is 99.5 Å². The standard InChI is InChI=1S/C15H24O/c1-5-6-13-7-9-14(10-8-13)15(3,4)11-12(2)16/h7-10,12,16H,5-6,11H2,1-4H3. The third kappa shape index (κ3) is 3.64. The van der Waals surface area contributed by atoms with E-state index in [9.17, 15) is 5.11 Å². The minimum atomic E-state index is -0.245. The molecule has 0 fully saturated rings. The van der Waals surface area contributed by atoms with Crippen molar-refractivity contribution in [1.29, 1.82) is 0 Å². The average Bonchev–Trinajstić information content (AvgIpc) is 2.17. The van der Waals surface area contributed by atoms with E-state index in [1.54, 1.807) is 0 Å². The van der Waals surface area contributed by atoms with Gasteiger partial charge in [0, 0.05) is 0 Å². The van der Waals surface area contributed by atoms with Gasteiger partial charge < -0.3 is 5.11 Å². The molecule has 16 heavy (non-hydrogen) atoms. The SMILES string of the molecule is CCCc1ccc(C(C)(C)CC(C)O)cc1. The number of aliphatic hydroxyl groups is 1. The lowest BCUT2D eigenvalue weighted by Crippen LogP contribution is -2.22. The highest BCUT2D eigenvalue weighted by Gasteiger charge is 2.22. The molecule has 0 amide bonds. The lowest BCUT2D eigenvalue weighted by Gasteiger charge is -2.27. The van der Waals surface area contributed by atoms with E-state index in [0.717, 1.165) is 12.8 Å². The van der Waals surface area contributed by atoms with E-state index in [2.05, 4.69) is 45.0 Å². The summed E-state index contributed by atoms with van der Waals surface area (Å²) in [4.78, 5) is 0. The Kier molecular flexibility index (Phi) is 4.55. The fourth-order valence-corrected chi connectivity index (χ4v) is 2.27. The number of benzene rings is 1. The van der Waals surface area contributed by atoms with Gasteiger partial charge in [0.1, 0.15) is 0 Å². The van der Waals surface area contributed by atoms with Gasteiger partial charge in [0.2, 0.25) is 0 Å². The maximum absolute atomic E-state index is 9.49. The molecule has 0 saturated carbocycles. The molecule has 1 atom stereocenters. The average molecular weight is 220 g/mol. The maximum Gasteiger partial charge on any atom is 0.0520 e. The zero-order valence-corrected chi connectivity index (χ0v) is 11.0. The Hall–Kier alpha value is -0.820. The minimum absolute atomic E-state index is 0.0545. The number of aryl methyl sites for hydroxylation is 1. The van der Waals surface area contributed by atoms with E-state index in [4.69, 9.17) is 0 Å². The van der Waals surface area contributed by atoms with Crippen LogP contribution in [0.15, 0.2) is 24.3 Å². The van der Waals surface area contributed by atoms with Crippen molar-refractivity contribution in [3.8, 4) is 0 Å². The summed E-state index contributed by atoms with van der Waals surface area (Å²) in [5.41, 5.74) is 2.77. The Morgan fingerprint density at radius 1 is 1.19 bits per heavy atom. The van der Waals surface area contributed by atoms with Crippen LogP contribution in [0.1, 0.15) is 51.7 Å². The second-order valence-electron chi connectivity index (χ2n) is 5.38. The first-order valence-corrected chi connectivity index (χ1v) is 6.23. The molecule has 0 bridgehead atoms. The van der Waals surface area contributed by atoms with Crippen molar-refractivity contribution in [1.82, 2.24) is 0 Å². The molecule has 1 aromatic carbocycles. The highest BCUT2D eigenvalue weighted by atomic mass is 16.3. The van der Waals surface area contributed by atoms with E-state index in [-0.39, 0.29) is 11.5 Å². The lowest BCUT2D eigenvalue weighted by molar-refractivity contribution is 0.157. The van der Waals surface area contributed by atoms with Crippen LogP contribution in [0.2, 0.25) is 0 Å². The first-order valence-electron chi connectivity index (χ1n) is 6.23. The van der Waals surface area contributed by atoms with Crippen LogP contribution in [-0.4, -0.2) is 11.2 Å². The molecule has 1 aromatic rings. The number of hydrogen-bond acceptors (Lipinski definition) is 1. The Morgan fingerprint density at radius 2 is 1.75 bits per heavy atom. The first-order chi connectivity index (χ1) is 7.45. The third-order valence-corrected chi connectivity index (χ3v) is 3.08. The fourth-order valence-electron chi connectivity index (χ4n) is 2.27. The predicted molar refractivity (Wildman–Crippen MR) is 69.8 cm³/mol. The van der Waals surface area contributed by atoms with Crippen LogP contribution >= 0.6 is 0 Å². The second-order valence-corrected chi connectivity index (χ2v) is 5.38. The molecule has 90 valence electrons. The monoisotopic (exact) mass is 220 g/mol. The van der Waals surface area contributed by atoms with Gasteiger partial charge in [0.05, 0.1) is 6.10 Å². The molecule has 0 aliphatic rings. The Bertz CT molecular complexity index is 309. The van der Waals surface area contributed by atoms with Gasteiger partial charge in [-0.1, -0.05) is 51.5 Å². The van der Waals surface area contributed by atoms with Crippen LogP contribution in [0.4, 0.5) is 0 Å². The molecule has 1 heteroatoms. The quantitative estimate of drug-likeness (QED) is 0.802. The van der Waals surface area contributed by atoms with Gasteiger partial charge in [-0.3, -0.25) is 0 Å². The molecule has 1 nitrogen and oxygen atoms in total. The van der Waals surface area contributed by atoms with Crippen molar-refractivity contribution in [3.05, 3.63) is 35.4 Å². The molecular formula is C15H24O. The molecule has 1 unspecified atom stereocenters. The largest absolute Gasteiger partial charge is 0.393 e. The van der Waals surface area contributed by atoms with Gasteiger partial charge in [-0.05, 0) is 36.3 Å². The van der Waals surface area contributed by atoms with E-state index >= 15 is 0 Å². The van der Waals surface area contributed by atoms with Gasteiger partial charge in [0.15, 0.2) is 0 Å². The number of aliphatic hydroxyl groups excluding tert-OH is 1. The topological polar surface area (TPSA) is 20.2 Å². The summed E-state index contributed by atoms with van der Waals surface area (Å²) in [5.74, 6) is 0. The second kappa shape index (κ2) is 5.49. The van der Waals surface area contributed by atoms with Crippen molar-refractivity contribution < 1.29 is 5.11 Å². The maximum atomic E-state index is 9.49. The van der Waals surface area contributed by atoms with Crippen LogP contribution in [0.25, 0.3) is 0 Å². The third-order valence-electron chi connectivity index (χ3n) is 3.08. The van der Waals surface area contributed by atoms with Crippen molar-refractivity contribution >= 4 is 0 Å². The molecule has 0 spiro atoms. The molecule has 0 aliphatic heterocycles. The van der Waals surface area contributed by atoms with Crippen LogP contribution in [-0.2, 0) is 11.8 Å². The zero-order valence-electron chi connectivity index (χ0n) is 11.0. The highest BCUT2D eigenvalue weighted by Crippen LogP contribution is 2.28. The summed E-state index contributed by atoms with van der Waals surface area (Å²) in [6.07, 6.45) is 2.90. The zero-order chi connectivity index (χ0) is 12.2. The van der Waals surface area contributed by atoms with Gasteiger partial charge in [-0.25, -0.2) is 0 Å². The molecule has 0 aliphatic carbocycles. The predicted octanol–water partition coefficient (Wildman–Crippen LogP) is 3.69. The van der Waals surface area contributed by atoms with Crippen LogP contribution < -0.4 is 0 Å². The Morgan fingerprint density at radius 3 is 2.19 bits per heavy atom. The Balaban J connectivity index is 2.79. The van der Waals surface area contributed by atoms with Crippen LogP contribution in [0.3, 0.4) is 0 Å². The molecular weight excluding hydrogens is 196 g/mol. The minimum Gasteiger partial charge on any atom is -0.393 e. The van der Waals surface area contributed by atoms with Crippen LogP contribution in [0.5, 0.6) is 0 Å². The van der Waals surface area contributed by atoms with Gasteiger partial charge in [-0.2, -0.15) is 0 Å². The summed E-state index contributed by atoms with van der Waals surface area (Å²) >= 11 is 0. The highest BCUT2D eigenvalue weighted by molar-refractivity contribution is 5.28. The van der Waals surface area contributed by atoms with Crippen molar-refractivity contribution in [3.63, 3.8) is 0 Å². The fraction of sp³-hybridized carbons (Fsp3) is 0.600. The lowest BCUT2D eigenvalue weighted by atomic mass is 9.79. The van der Waals surface area contributed by atoms with Gasteiger partial charge >= 0.3 is 0 Å². The summed E-state index contributed by atoms with van der Waals surface area (Å²) in [7, 11) is 0. The first kappa shape index (κ1) is 13.2. The molecule has 0 heterocycles. The normalized spacial score (nSPS) is 13.8. The summed E-state index contributed by atoms with van der Waals surface area (Å²) in [5, 5.41) is 9.49. The number of hydrogen-bond donors (Lipinski definition) is 1. The van der Waals surface area contributed by atoms with Crippen molar-refractivity contribution in [2.24, 2.45) is 0 Å². The molecule has 0 saturated heterocycles. The number of rotatable bonds is 5. The van der Waals surface area contributed by atoms with E-state index in [1.165, 1.54) is 17.5 Å².